The van der Waals surface area contributed by atoms with Gasteiger partial charge in [-0.1, -0.05) is 48.5 Å². The van der Waals surface area contributed by atoms with E-state index in [1.807, 2.05) is 12.1 Å². The van der Waals surface area contributed by atoms with Gasteiger partial charge in [0.1, 0.15) is 5.78 Å². The van der Waals surface area contributed by atoms with Crippen molar-refractivity contribution in [3.8, 4) is 0 Å². The molecule has 0 N–H and O–H groups in total. The van der Waals surface area contributed by atoms with Crippen molar-refractivity contribution >= 4 is 34.6 Å². The first kappa shape index (κ1) is 17.4. The van der Waals surface area contributed by atoms with Gasteiger partial charge < -0.3 is 4.74 Å². The van der Waals surface area contributed by atoms with E-state index in [2.05, 4.69) is 0 Å². The number of methoxy groups -OCH3 is 1. The molecule has 1 aromatic carbocycles. The molecule has 1 aromatic rings. The fourth-order valence-electron chi connectivity index (χ4n) is 2.66. The molecule has 0 aromatic heterocycles. The Hall–Kier alpha value is -0.990. The Bertz CT molecular complexity index is 548. The number of ketones is 1. The average molecular weight is 341 g/mol. The lowest BCUT2D eigenvalue weighted by Crippen LogP contribution is -2.12. The predicted octanol–water partition coefficient (Wildman–Crippen LogP) is 5.91. The third-order valence-electron chi connectivity index (χ3n) is 4.28. The van der Waals surface area contributed by atoms with Crippen LogP contribution in [0.5, 0.6) is 0 Å². The first-order valence-electron chi connectivity index (χ1n) is 7.79. The van der Waals surface area contributed by atoms with Crippen LogP contribution in [0, 0.1) is 5.92 Å². The predicted molar refractivity (Wildman–Crippen MR) is 92.3 cm³/mol. The number of hydrogen-bond donors (Lipinski definition) is 0. The number of allylic oxidation sites excluding steroid dienone is 1. The van der Waals surface area contributed by atoms with Crippen LogP contribution in [0.4, 0.5) is 0 Å². The number of benzene rings is 1. The molecular weight excluding hydrogens is 319 g/mol. The van der Waals surface area contributed by atoms with Gasteiger partial charge in [0.05, 0.1) is 23.4 Å². The zero-order valence-electron chi connectivity index (χ0n) is 12.9. The molecule has 0 atom stereocenters. The van der Waals surface area contributed by atoms with Crippen LogP contribution in [0.1, 0.15) is 50.5 Å². The third-order valence-corrected chi connectivity index (χ3v) is 5.02. The Morgan fingerprint density at radius 3 is 2.59 bits per heavy atom. The summed E-state index contributed by atoms with van der Waals surface area (Å²) in [5.74, 6) is 1.11. The second-order valence-corrected chi connectivity index (χ2v) is 6.70. The van der Waals surface area contributed by atoms with Crippen LogP contribution in [-0.2, 0) is 9.53 Å². The van der Waals surface area contributed by atoms with E-state index in [9.17, 15) is 4.79 Å². The van der Waals surface area contributed by atoms with Crippen molar-refractivity contribution in [3.05, 3.63) is 40.1 Å². The maximum atomic E-state index is 12.0. The first-order chi connectivity index (χ1) is 10.6. The lowest BCUT2D eigenvalue weighted by molar-refractivity contribution is -0.119. The van der Waals surface area contributed by atoms with E-state index in [0.717, 1.165) is 23.5 Å². The van der Waals surface area contributed by atoms with Crippen molar-refractivity contribution in [2.45, 2.75) is 44.9 Å². The normalized spacial score (nSPS) is 15.5. The van der Waals surface area contributed by atoms with Gasteiger partial charge in [-0.2, -0.15) is 0 Å². The van der Waals surface area contributed by atoms with Crippen molar-refractivity contribution < 1.29 is 9.53 Å². The summed E-state index contributed by atoms with van der Waals surface area (Å²) >= 11 is 12.0. The van der Waals surface area contributed by atoms with Gasteiger partial charge in [-0.25, -0.2) is 0 Å². The molecule has 120 valence electrons. The lowest BCUT2D eigenvalue weighted by atomic mass is 9.81. The summed E-state index contributed by atoms with van der Waals surface area (Å²) in [6.45, 7) is 0. The highest BCUT2D eigenvalue weighted by Gasteiger charge is 2.18. The highest BCUT2D eigenvalue weighted by atomic mass is 35.5. The lowest BCUT2D eigenvalue weighted by Gasteiger charge is -2.24. The van der Waals surface area contributed by atoms with E-state index in [0.29, 0.717) is 35.1 Å². The smallest absolute Gasteiger partial charge is 0.133 e. The quantitative estimate of drug-likeness (QED) is 0.549. The van der Waals surface area contributed by atoms with Gasteiger partial charge in [0, 0.05) is 12.8 Å². The number of carbonyl (C=O) groups is 1. The van der Waals surface area contributed by atoms with Gasteiger partial charge >= 0.3 is 0 Å². The Labute approximate surface area is 142 Å². The van der Waals surface area contributed by atoms with E-state index in [1.54, 1.807) is 19.4 Å². The van der Waals surface area contributed by atoms with E-state index < -0.39 is 0 Å². The minimum absolute atomic E-state index is 0.328. The molecule has 0 spiro atoms. The van der Waals surface area contributed by atoms with E-state index in [4.69, 9.17) is 27.9 Å². The van der Waals surface area contributed by atoms with Crippen molar-refractivity contribution in [3.63, 3.8) is 0 Å². The Balaban J connectivity index is 1.89. The topological polar surface area (TPSA) is 26.3 Å². The van der Waals surface area contributed by atoms with Crippen LogP contribution in [0.2, 0.25) is 10.0 Å². The molecule has 2 rings (SSSR count). The first-order valence-corrected chi connectivity index (χ1v) is 8.54. The highest BCUT2D eigenvalue weighted by molar-refractivity contribution is 6.42. The van der Waals surface area contributed by atoms with Crippen LogP contribution in [0.3, 0.4) is 0 Å². The van der Waals surface area contributed by atoms with Crippen molar-refractivity contribution in [2.24, 2.45) is 5.92 Å². The summed E-state index contributed by atoms with van der Waals surface area (Å²) in [6, 6.07) is 5.48. The molecule has 1 saturated carbocycles. The van der Waals surface area contributed by atoms with Crippen LogP contribution in [0.25, 0.3) is 5.57 Å². The number of halogens is 2. The standard InChI is InChI=1S/C18H22Cl2O2/c1-22-12-15(14-7-10-17(19)18(20)11-14)6-9-16(21)8-5-13-3-2-4-13/h7,10-13H,2-6,8-9H2,1H3. The number of rotatable bonds is 8. The summed E-state index contributed by atoms with van der Waals surface area (Å²) in [4.78, 5) is 12.0. The molecule has 0 saturated heterocycles. The maximum Gasteiger partial charge on any atom is 0.133 e. The molecule has 0 amide bonds. The fourth-order valence-corrected chi connectivity index (χ4v) is 2.95. The van der Waals surface area contributed by atoms with E-state index >= 15 is 0 Å². The monoisotopic (exact) mass is 340 g/mol. The van der Waals surface area contributed by atoms with Gasteiger partial charge in [-0.15, -0.1) is 0 Å². The third kappa shape index (κ3) is 5.03. The second-order valence-electron chi connectivity index (χ2n) is 5.88. The van der Waals surface area contributed by atoms with Crippen LogP contribution in [0.15, 0.2) is 24.5 Å². The molecule has 0 radical (unpaired) electrons. The number of carbonyl (C=O) groups excluding carboxylic acids is 1. The maximum absolute atomic E-state index is 12.0. The molecule has 1 fully saturated rings. The van der Waals surface area contributed by atoms with Crippen molar-refractivity contribution in [1.29, 1.82) is 0 Å². The van der Waals surface area contributed by atoms with E-state index in [-0.39, 0.29) is 0 Å². The molecule has 0 heterocycles. The number of Topliss-reactive ketones (excluding diaryl/α,β-unsaturated/α-hetero) is 1. The molecule has 0 unspecified atom stereocenters. The van der Waals surface area contributed by atoms with Gasteiger partial charge in [0.15, 0.2) is 0 Å². The Kier molecular flexibility index (Phi) is 6.78. The molecule has 0 bridgehead atoms. The number of ether oxygens (including phenoxy) is 1. The SMILES string of the molecule is COC=C(CCC(=O)CCC1CCC1)c1ccc(Cl)c(Cl)c1. The highest BCUT2D eigenvalue weighted by Crippen LogP contribution is 2.31. The van der Waals surface area contributed by atoms with Gasteiger partial charge in [-0.05, 0) is 42.0 Å². The van der Waals surface area contributed by atoms with Crippen LogP contribution in [-0.4, -0.2) is 12.9 Å². The van der Waals surface area contributed by atoms with Gasteiger partial charge in [-0.3, -0.25) is 4.79 Å². The summed E-state index contributed by atoms with van der Waals surface area (Å²) in [6.07, 6.45) is 8.56. The zero-order valence-corrected chi connectivity index (χ0v) is 14.4. The summed E-state index contributed by atoms with van der Waals surface area (Å²) in [5, 5.41) is 1.04. The minimum Gasteiger partial charge on any atom is -0.504 e. The molecular formula is C18H22Cl2O2. The fraction of sp³-hybridized carbons (Fsp3) is 0.500. The Morgan fingerprint density at radius 1 is 1.23 bits per heavy atom. The average Bonchev–Trinajstić information content (AvgIpc) is 2.45. The summed E-state index contributed by atoms with van der Waals surface area (Å²) in [7, 11) is 1.61. The summed E-state index contributed by atoms with van der Waals surface area (Å²) in [5.41, 5.74) is 1.92. The summed E-state index contributed by atoms with van der Waals surface area (Å²) < 4.78 is 5.14. The van der Waals surface area contributed by atoms with Gasteiger partial charge in [0.2, 0.25) is 0 Å². The molecule has 1 aliphatic carbocycles. The molecule has 4 heteroatoms. The molecule has 0 aliphatic heterocycles. The minimum atomic E-state index is 0.328. The molecule has 22 heavy (non-hydrogen) atoms. The largest absolute Gasteiger partial charge is 0.504 e. The zero-order chi connectivity index (χ0) is 15.9. The van der Waals surface area contributed by atoms with Crippen molar-refractivity contribution in [1.82, 2.24) is 0 Å². The molecule has 1 aliphatic rings. The molecule has 2 nitrogen and oxygen atoms in total. The second kappa shape index (κ2) is 8.59. The van der Waals surface area contributed by atoms with Crippen molar-refractivity contribution in [2.75, 3.05) is 7.11 Å². The van der Waals surface area contributed by atoms with Crippen LogP contribution >= 0.6 is 23.2 Å². The van der Waals surface area contributed by atoms with Gasteiger partial charge in [0.25, 0.3) is 0 Å². The number of hydrogen-bond acceptors (Lipinski definition) is 2. The Morgan fingerprint density at radius 2 is 2.00 bits per heavy atom. The van der Waals surface area contributed by atoms with E-state index in [1.165, 1.54) is 19.3 Å². The van der Waals surface area contributed by atoms with Crippen LogP contribution < -0.4 is 0 Å².